The minimum absolute atomic E-state index is 0.768. The average molecular weight is 402 g/mol. The number of hydrogen-bond donors (Lipinski definition) is 0. The highest BCUT2D eigenvalue weighted by Gasteiger charge is 2.20. The topological polar surface area (TPSA) is 80.3 Å². The van der Waals surface area contributed by atoms with Crippen molar-refractivity contribution in [2.75, 3.05) is 40.0 Å². The first kappa shape index (κ1) is 24.2. The molecule has 140 valence electrons. The zero-order chi connectivity index (χ0) is 19.7. The lowest BCUT2D eigenvalue weighted by Gasteiger charge is -2.10. The molecule has 2 aromatic rings. The molecule has 0 aliphatic heterocycles. The summed E-state index contributed by atoms with van der Waals surface area (Å²) in [7, 11) is -6.70. The molecule has 0 amide bonds. The van der Waals surface area contributed by atoms with E-state index in [0.29, 0.717) is 0 Å². The van der Waals surface area contributed by atoms with Crippen molar-refractivity contribution in [1.82, 2.24) is 0 Å². The van der Waals surface area contributed by atoms with E-state index in [1.165, 1.54) is 10.6 Å². The Morgan fingerprint density at radius 1 is 0.600 bits per heavy atom. The molecule has 2 aromatic carbocycles. The van der Waals surface area contributed by atoms with Crippen LogP contribution in [0.3, 0.4) is 0 Å². The van der Waals surface area contributed by atoms with Crippen molar-refractivity contribution >= 4 is 35.5 Å². The van der Waals surface area contributed by atoms with Crippen molar-refractivity contribution in [1.29, 1.82) is 0 Å². The fraction of sp³-hybridized carbons (Fsp3) is 0.333. The van der Waals surface area contributed by atoms with E-state index in [-0.39, 0.29) is 0 Å². The summed E-state index contributed by atoms with van der Waals surface area (Å²) in [6.45, 7) is 14.0. The lowest BCUT2D eigenvalue weighted by atomic mass is 10.4. The second-order valence-electron chi connectivity index (χ2n) is 7.10. The van der Waals surface area contributed by atoms with Gasteiger partial charge in [0.05, 0.1) is 50.6 Å². The molecular weight excluding hydrogens is 374 g/mol. The molecule has 4 nitrogen and oxygen atoms in total. The fourth-order valence-electron chi connectivity index (χ4n) is 1.75. The van der Waals surface area contributed by atoms with Crippen LogP contribution in [0.2, 0.25) is 0 Å². The predicted molar refractivity (Wildman–Crippen MR) is 112 cm³/mol. The first-order valence-corrected chi connectivity index (χ1v) is 15.2. The highest BCUT2D eigenvalue weighted by Crippen LogP contribution is 2.45. The van der Waals surface area contributed by atoms with Gasteiger partial charge >= 0.3 is 0 Å². The lowest BCUT2D eigenvalue weighted by molar-refractivity contribution is 0.352. The van der Waals surface area contributed by atoms with E-state index in [1.54, 1.807) is 0 Å². The molecule has 0 N–H and O–H groups in total. The smallest absolute Gasteiger partial charge is 0.0930 e. The Labute approximate surface area is 153 Å². The molecule has 0 aromatic heterocycles. The van der Waals surface area contributed by atoms with Crippen LogP contribution in [0.15, 0.2) is 60.7 Å². The van der Waals surface area contributed by atoms with Crippen molar-refractivity contribution in [2.24, 2.45) is 0 Å². The van der Waals surface area contributed by atoms with Crippen LogP contribution >= 0.6 is 14.5 Å². The Bertz CT molecular complexity index is 647. The normalized spacial score (nSPS) is 11.5. The third kappa shape index (κ3) is 14.1. The summed E-state index contributed by atoms with van der Waals surface area (Å²) in [5.41, 5.74) is 0. The Morgan fingerprint density at radius 3 is 0.920 bits per heavy atom. The molecule has 0 saturated heterocycles. The van der Waals surface area contributed by atoms with E-state index >= 15 is 0 Å². The first-order valence-electron chi connectivity index (χ1n) is 7.62. The molecule has 2 rings (SSSR count). The van der Waals surface area contributed by atoms with Crippen LogP contribution in [0.5, 0.6) is 0 Å². The van der Waals surface area contributed by atoms with Crippen LogP contribution in [0.1, 0.15) is 0 Å². The van der Waals surface area contributed by atoms with Gasteiger partial charge in [-0.1, -0.05) is 36.4 Å². The zero-order valence-corrected chi connectivity index (χ0v) is 18.3. The van der Waals surface area contributed by atoms with Gasteiger partial charge in [0.2, 0.25) is 0 Å². The molecule has 0 heterocycles. The maximum Gasteiger partial charge on any atom is 0.0930 e. The minimum Gasteiger partial charge on any atom is -0.759 e. The quantitative estimate of drug-likeness (QED) is 0.439. The minimum atomic E-state index is -5.17. The highest BCUT2D eigenvalue weighted by molar-refractivity contribution is 7.81. The monoisotopic (exact) mass is 402 g/mol. The van der Waals surface area contributed by atoms with Gasteiger partial charge in [0.1, 0.15) is 0 Å². The summed E-state index contributed by atoms with van der Waals surface area (Å²) in [6.07, 6.45) is 0. The van der Waals surface area contributed by atoms with Crippen molar-refractivity contribution in [3.05, 3.63) is 60.7 Å². The van der Waals surface area contributed by atoms with Crippen molar-refractivity contribution in [2.45, 2.75) is 0 Å². The summed E-state index contributed by atoms with van der Waals surface area (Å²) < 4.78 is 34.1. The summed E-state index contributed by atoms with van der Waals surface area (Å²) in [4.78, 5) is 0. The first-order chi connectivity index (χ1) is 11.2. The lowest BCUT2D eigenvalue weighted by Crippen LogP contribution is -2.05. The molecule has 0 aliphatic carbocycles. The summed E-state index contributed by atoms with van der Waals surface area (Å²) in [5, 5.41) is 3.02. The van der Waals surface area contributed by atoms with Crippen LogP contribution in [0, 0.1) is 0 Å². The van der Waals surface area contributed by atoms with E-state index in [9.17, 15) is 0 Å². The van der Waals surface area contributed by atoms with E-state index in [4.69, 9.17) is 17.5 Å². The van der Waals surface area contributed by atoms with Gasteiger partial charge in [0, 0.05) is 24.9 Å². The number of benzene rings is 2. The van der Waals surface area contributed by atoms with Gasteiger partial charge in [0.25, 0.3) is 0 Å². The molecule has 0 radical (unpaired) electrons. The average Bonchev–Trinajstić information content (AvgIpc) is 2.46. The van der Waals surface area contributed by atoms with Crippen molar-refractivity contribution < 1.29 is 17.5 Å². The second-order valence-corrected chi connectivity index (χ2v) is 17.0. The molecule has 0 spiro atoms. The van der Waals surface area contributed by atoms with Gasteiger partial charge in [-0.25, -0.2) is 0 Å². The van der Waals surface area contributed by atoms with Gasteiger partial charge in [0.15, 0.2) is 0 Å². The summed E-state index contributed by atoms with van der Waals surface area (Å²) in [6, 6.07) is 21.4. The summed E-state index contributed by atoms with van der Waals surface area (Å²) in [5.74, 6) is 0. The van der Waals surface area contributed by atoms with E-state index in [1.807, 2.05) is 0 Å². The Balaban J connectivity index is 0.000000368. The SMILES string of the molecule is C[P+](C)(C)c1ccccc1.C[P+](C)(C)c1ccccc1.O=S(=O)([O-])[O-]. The van der Waals surface area contributed by atoms with E-state index < -0.39 is 24.9 Å². The van der Waals surface area contributed by atoms with Crippen LogP contribution in [-0.2, 0) is 10.4 Å². The van der Waals surface area contributed by atoms with Crippen molar-refractivity contribution in [3.8, 4) is 0 Å². The Morgan fingerprint density at radius 2 is 0.800 bits per heavy atom. The molecule has 0 fully saturated rings. The van der Waals surface area contributed by atoms with Gasteiger partial charge < -0.3 is 9.11 Å². The highest BCUT2D eigenvalue weighted by atomic mass is 32.3. The zero-order valence-electron chi connectivity index (χ0n) is 15.7. The second kappa shape index (κ2) is 10.4. The fourth-order valence-corrected chi connectivity index (χ4v) is 3.88. The van der Waals surface area contributed by atoms with Gasteiger partial charge in [-0.05, 0) is 24.3 Å². The van der Waals surface area contributed by atoms with E-state index in [2.05, 4.69) is 101 Å². The molecule has 0 unspecified atom stereocenters. The van der Waals surface area contributed by atoms with Gasteiger partial charge in [-0.3, -0.25) is 8.42 Å². The van der Waals surface area contributed by atoms with Crippen LogP contribution in [0.25, 0.3) is 0 Å². The molecule has 0 bridgehead atoms. The maximum absolute atomic E-state index is 8.52. The molecular formula is C18H28O4P2S. The standard InChI is InChI=1S/2C9H14P.H2O4S/c2*1-10(2,3)9-7-5-4-6-8-9;1-5(2,3)4/h2*4-8H,1-3H3;(H2,1,2,3,4)/q2*+1;/p-2. The molecule has 0 atom stereocenters. The van der Waals surface area contributed by atoms with Crippen LogP contribution < -0.4 is 10.6 Å². The van der Waals surface area contributed by atoms with E-state index in [0.717, 1.165) is 0 Å². The molecule has 7 heteroatoms. The number of rotatable bonds is 2. The maximum atomic E-state index is 8.52. The molecule has 25 heavy (non-hydrogen) atoms. The Hall–Kier alpha value is -0.830. The Kier molecular flexibility index (Phi) is 10.0. The number of hydrogen-bond acceptors (Lipinski definition) is 4. The van der Waals surface area contributed by atoms with Gasteiger partial charge in [-0.2, -0.15) is 0 Å². The van der Waals surface area contributed by atoms with Crippen molar-refractivity contribution in [3.63, 3.8) is 0 Å². The van der Waals surface area contributed by atoms with Crippen LogP contribution in [0.4, 0.5) is 0 Å². The molecule has 0 saturated carbocycles. The third-order valence-corrected chi connectivity index (χ3v) is 6.76. The van der Waals surface area contributed by atoms with Gasteiger partial charge in [-0.15, -0.1) is 0 Å². The predicted octanol–water partition coefficient (Wildman–Crippen LogP) is 3.10. The van der Waals surface area contributed by atoms with Crippen LogP contribution in [-0.4, -0.2) is 57.5 Å². The largest absolute Gasteiger partial charge is 0.759 e. The summed E-state index contributed by atoms with van der Waals surface area (Å²) >= 11 is 0. The third-order valence-electron chi connectivity index (χ3n) is 3.06. The molecule has 0 aliphatic rings.